The molecule has 0 atom stereocenters. The van der Waals surface area contributed by atoms with Gasteiger partial charge in [-0.1, -0.05) is 6.92 Å². The van der Waals surface area contributed by atoms with Crippen LogP contribution in [0.25, 0.3) is 11.3 Å². The van der Waals surface area contributed by atoms with Crippen molar-refractivity contribution >= 4 is 28.8 Å². The van der Waals surface area contributed by atoms with Crippen LogP contribution in [0.4, 0.5) is 5.69 Å². The van der Waals surface area contributed by atoms with Crippen LogP contribution in [0.2, 0.25) is 0 Å². The van der Waals surface area contributed by atoms with Crippen molar-refractivity contribution < 1.29 is 19.1 Å². The first kappa shape index (κ1) is 19.3. The summed E-state index contributed by atoms with van der Waals surface area (Å²) in [5.41, 5.74) is 2.31. The molecule has 2 heterocycles. The average molecular weight is 389 g/mol. The van der Waals surface area contributed by atoms with Gasteiger partial charge in [0.2, 0.25) is 5.91 Å². The minimum atomic E-state index is -0.231. The number of nitrogens with zero attached hydrogens (tertiary/aromatic N) is 2. The molecule has 27 heavy (non-hydrogen) atoms. The zero-order valence-electron chi connectivity index (χ0n) is 15.5. The second-order valence-corrected chi connectivity index (χ2v) is 7.11. The maximum absolute atomic E-state index is 12.3. The fourth-order valence-corrected chi connectivity index (χ4v) is 3.54. The molecule has 1 aliphatic heterocycles. The number of aromatic nitrogens is 1. The molecule has 0 radical (unpaired) electrons. The Hall–Kier alpha value is -2.45. The molecule has 144 valence electrons. The number of amides is 2. The molecule has 0 saturated heterocycles. The normalized spacial score (nSPS) is 13.3. The van der Waals surface area contributed by atoms with E-state index in [9.17, 15) is 9.59 Å². The van der Waals surface area contributed by atoms with Gasteiger partial charge in [-0.15, -0.1) is 11.3 Å². The Balaban J connectivity index is 1.83. The number of hydrogen-bond acceptors (Lipinski definition) is 6. The van der Waals surface area contributed by atoms with Gasteiger partial charge in [0, 0.05) is 31.0 Å². The summed E-state index contributed by atoms with van der Waals surface area (Å²) < 4.78 is 10.6. The zero-order valence-corrected chi connectivity index (χ0v) is 16.3. The van der Waals surface area contributed by atoms with Crippen molar-refractivity contribution in [2.75, 3.05) is 38.3 Å². The first-order valence-electron chi connectivity index (χ1n) is 8.90. The summed E-state index contributed by atoms with van der Waals surface area (Å²) in [6.07, 6.45) is 1.61. The Bertz CT molecular complexity index is 821. The van der Waals surface area contributed by atoms with Gasteiger partial charge in [0.15, 0.2) is 6.61 Å². The number of nitrogens with one attached hydrogen (secondary N) is 1. The highest BCUT2D eigenvalue weighted by molar-refractivity contribution is 7.09. The second-order valence-electron chi connectivity index (χ2n) is 6.17. The third-order valence-electron chi connectivity index (χ3n) is 4.14. The number of carbonyl (C=O) groups is 2. The molecule has 7 nitrogen and oxygen atoms in total. The van der Waals surface area contributed by atoms with E-state index in [1.165, 1.54) is 4.90 Å². The molecule has 2 amide bonds. The molecule has 2 aromatic rings. The third kappa shape index (κ3) is 4.64. The summed E-state index contributed by atoms with van der Waals surface area (Å²) in [7, 11) is 1.67. The average Bonchev–Trinajstić information content (AvgIpc) is 3.15. The monoisotopic (exact) mass is 389 g/mol. The number of ether oxygens (including phenoxy) is 2. The largest absolute Gasteiger partial charge is 0.482 e. The number of carbonyl (C=O) groups excluding carboxylic acids is 2. The Kier molecular flexibility index (Phi) is 6.41. The van der Waals surface area contributed by atoms with Crippen LogP contribution in [0.1, 0.15) is 18.4 Å². The molecule has 0 spiro atoms. The number of benzene rings is 1. The number of fused-ring (bicyclic) bond motifs is 1. The van der Waals surface area contributed by atoms with Crippen LogP contribution < -0.4 is 15.0 Å². The van der Waals surface area contributed by atoms with Gasteiger partial charge in [-0.3, -0.25) is 14.5 Å². The first-order chi connectivity index (χ1) is 13.1. The van der Waals surface area contributed by atoms with Gasteiger partial charge in [-0.05, 0) is 24.6 Å². The van der Waals surface area contributed by atoms with Gasteiger partial charge in [-0.2, -0.15) is 0 Å². The minimum absolute atomic E-state index is 0.0190. The lowest BCUT2D eigenvalue weighted by Crippen LogP contribution is -2.45. The summed E-state index contributed by atoms with van der Waals surface area (Å²) in [6, 6.07) is 5.59. The lowest BCUT2D eigenvalue weighted by Gasteiger charge is -2.29. The summed E-state index contributed by atoms with van der Waals surface area (Å²) in [6.45, 7) is 3.12. The molecule has 0 aliphatic carbocycles. The van der Waals surface area contributed by atoms with E-state index in [1.54, 1.807) is 18.4 Å². The Morgan fingerprint density at radius 3 is 3.07 bits per heavy atom. The predicted molar refractivity (Wildman–Crippen MR) is 104 cm³/mol. The summed E-state index contributed by atoms with van der Waals surface area (Å²) in [5.74, 6) is 0.181. The van der Waals surface area contributed by atoms with E-state index in [0.717, 1.165) is 29.1 Å². The fraction of sp³-hybridized carbons (Fsp3) is 0.421. The molecule has 0 fully saturated rings. The highest BCUT2D eigenvalue weighted by Crippen LogP contribution is 2.36. The second kappa shape index (κ2) is 8.96. The van der Waals surface area contributed by atoms with Crippen molar-refractivity contribution in [3.63, 3.8) is 0 Å². The van der Waals surface area contributed by atoms with E-state index in [1.807, 2.05) is 30.5 Å². The van der Waals surface area contributed by atoms with Gasteiger partial charge >= 0.3 is 0 Å². The molecule has 1 aromatic heterocycles. The van der Waals surface area contributed by atoms with E-state index in [0.29, 0.717) is 24.6 Å². The first-order valence-corrected chi connectivity index (χ1v) is 9.78. The molecular formula is C19H23N3O4S. The number of hydrogen-bond donors (Lipinski definition) is 1. The smallest absolute Gasteiger partial charge is 0.265 e. The van der Waals surface area contributed by atoms with E-state index in [-0.39, 0.29) is 25.0 Å². The highest BCUT2D eigenvalue weighted by atomic mass is 32.1. The summed E-state index contributed by atoms with van der Waals surface area (Å²) in [5, 5.41) is 5.78. The van der Waals surface area contributed by atoms with Crippen molar-refractivity contribution in [2.45, 2.75) is 19.8 Å². The molecular weight excluding hydrogens is 366 g/mol. The van der Waals surface area contributed by atoms with Crippen molar-refractivity contribution in [1.29, 1.82) is 0 Å². The van der Waals surface area contributed by atoms with Gasteiger partial charge in [0.05, 0.1) is 23.0 Å². The molecule has 0 unspecified atom stereocenters. The van der Waals surface area contributed by atoms with Crippen LogP contribution in [0.5, 0.6) is 5.75 Å². The van der Waals surface area contributed by atoms with Crippen LogP contribution in [0, 0.1) is 0 Å². The van der Waals surface area contributed by atoms with E-state index in [4.69, 9.17) is 9.47 Å². The molecule has 0 saturated carbocycles. The molecule has 1 aliphatic rings. The van der Waals surface area contributed by atoms with Crippen molar-refractivity contribution in [1.82, 2.24) is 10.3 Å². The Morgan fingerprint density at radius 2 is 2.30 bits per heavy atom. The van der Waals surface area contributed by atoms with Crippen LogP contribution in [0.15, 0.2) is 23.6 Å². The molecule has 1 aromatic carbocycles. The summed E-state index contributed by atoms with van der Waals surface area (Å²) >= 11 is 1.58. The molecule has 1 N–H and O–H groups in total. The Morgan fingerprint density at radius 1 is 1.44 bits per heavy atom. The van der Waals surface area contributed by atoms with Crippen molar-refractivity contribution in [3.05, 3.63) is 28.6 Å². The molecule has 3 rings (SSSR count). The van der Waals surface area contributed by atoms with E-state index in [2.05, 4.69) is 10.3 Å². The number of methoxy groups -OCH3 is 1. The third-order valence-corrected chi connectivity index (χ3v) is 5.05. The van der Waals surface area contributed by atoms with Gasteiger partial charge < -0.3 is 14.8 Å². The van der Waals surface area contributed by atoms with Crippen LogP contribution in [-0.4, -0.2) is 50.2 Å². The standard InChI is InChI=1S/C19H23N3O4S/c1-3-7-20-17(23)10-22-15-9-13(4-5-16(15)26-11-19(22)24)14-12-27-18(21-14)6-8-25-2/h4-5,9,12H,3,6-8,10-11H2,1-2H3,(H,20,23). The van der Waals surface area contributed by atoms with Gasteiger partial charge in [0.25, 0.3) is 5.91 Å². The van der Waals surface area contributed by atoms with E-state index >= 15 is 0 Å². The lowest BCUT2D eigenvalue weighted by molar-refractivity contribution is -0.125. The van der Waals surface area contributed by atoms with Crippen LogP contribution >= 0.6 is 11.3 Å². The molecule has 8 heteroatoms. The topological polar surface area (TPSA) is 80.8 Å². The maximum atomic E-state index is 12.3. The van der Waals surface area contributed by atoms with E-state index < -0.39 is 0 Å². The quantitative estimate of drug-likeness (QED) is 0.749. The zero-order chi connectivity index (χ0) is 19.2. The summed E-state index contributed by atoms with van der Waals surface area (Å²) in [4.78, 5) is 30.6. The molecule has 0 bridgehead atoms. The predicted octanol–water partition coefficient (Wildman–Crippen LogP) is 2.25. The van der Waals surface area contributed by atoms with Gasteiger partial charge in [0.1, 0.15) is 12.3 Å². The van der Waals surface area contributed by atoms with Crippen molar-refractivity contribution in [2.24, 2.45) is 0 Å². The SMILES string of the molecule is CCCNC(=O)CN1C(=O)COc2ccc(-c3csc(CCOC)n3)cc21. The minimum Gasteiger partial charge on any atom is -0.482 e. The highest BCUT2D eigenvalue weighted by Gasteiger charge is 2.27. The Labute approximate surface area is 162 Å². The van der Waals surface area contributed by atoms with Gasteiger partial charge in [-0.25, -0.2) is 4.98 Å². The van der Waals surface area contributed by atoms with Crippen LogP contribution in [-0.2, 0) is 20.7 Å². The van der Waals surface area contributed by atoms with Crippen molar-refractivity contribution in [3.8, 4) is 17.0 Å². The number of rotatable bonds is 8. The fourth-order valence-electron chi connectivity index (χ4n) is 2.75. The number of thiazole rings is 1. The number of anilines is 1. The maximum Gasteiger partial charge on any atom is 0.265 e. The lowest BCUT2D eigenvalue weighted by atomic mass is 10.1. The van der Waals surface area contributed by atoms with Crippen LogP contribution in [0.3, 0.4) is 0 Å².